The van der Waals surface area contributed by atoms with Crippen LogP contribution in [-0.2, 0) is 4.74 Å². The molecule has 2 N–H and O–H groups in total. The zero-order valence-electron chi connectivity index (χ0n) is 11.1. The Bertz CT molecular complexity index is 271. The predicted octanol–water partition coefficient (Wildman–Crippen LogP) is 1.79. The van der Waals surface area contributed by atoms with E-state index in [0.29, 0.717) is 12.0 Å². The van der Waals surface area contributed by atoms with Crippen molar-refractivity contribution in [3.8, 4) is 0 Å². The molecule has 3 rings (SSSR count). The third kappa shape index (κ3) is 3.21. The summed E-state index contributed by atoms with van der Waals surface area (Å²) >= 11 is 2.04. The average Bonchev–Trinajstić information content (AvgIpc) is 3.21. The highest BCUT2D eigenvalue weighted by Gasteiger charge is 2.40. The second-order valence-electron chi connectivity index (χ2n) is 6.15. The van der Waals surface area contributed by atoms with Gasteiger partial charge in [0.05, 0.1) is 11.7 Å². The largest absolute Gasteiger partial charge is 0.392 e. The van der Waals surface area contributed by atoms with E-state index in [1.54, 1.807) is 0 Å². The number of aliphatic hydroxyl groups excluding tert-OH is 1. The summed E-state index contributed by atoms with van der Waals surface area (Å²) in [6, 6.07) is 0.694. The molecule has 0 bridgehead atoms. The van der Waals surface area contributed by atoms with Crippen LogP contribution >= 0.6 is 11.8 Å². The maximum Gasteiger partial charge on any atom is 0.0701 e. The number of hydrogen-bond donors (Lipinski definition) is 2. The van der Waals surface area contributed by atoms with Gasteiger partial charge in [0.15, 0.2) is 0 Å². The molecule has 3 nitrogen and oxygen atoms in total. The van der Waals surface area contributed by atoms with Crippen LogP contribution in [0, 0.1) is 5.92 Å². The zero-order valence-corrected chi connectivity index (χ0v) is 11.9. The van der Waals surface area contributed by atoms with E-state index in [-0.39, 0.29) is 11.7 Å². The van der Waals surface area contributed by atoms with Gasteiger partial charge in [0.25, 0.3) is 0 Å². The van der Waals surface area contributed by atoms with Crippen LogP contribution in [0.15, 0.2) is 0 Å². The number of rotatable bonds is 4. The lowest BCUT2D eigenvalue weighted by Crippen LogP contribution is -2.47. The molecule has 2 aliphatic heterocycles. The van der Waals surface area contributed by atoms with Crippen molar-refractivity contribution in [3.05, 3.63) is 0 Å². The second-order valence-corrected chi connectivity index (χ2v) is 7.37. The van der Waals surface area contributed by atoms with Crippen molar-refractivity contribution in [1.29, 1.82) is 0 Å². The Hall–Kier alpha value is 0.230. The van der Waals surface area contributed by atoms with Gasteiger partial charge >= 0.3 is 0 Å². The summed E-state index contributed by atoms with van der Waals surface area (Å²) in [5, 5.41) is 13.8. The van der Waals surface area contributed by atoms with E-state index in [1.165, 1.54) is 37.2 Å². The van der Waals surface area contributed by atoms with Crippen molar-refractivity contribution in [2.24, 2.45) is 5.92 Å². The molecule has 2 atom stereocenters. The smallest absolute Gasteiger partial charge is 0.0701 e. The highest BCUT2D eigenvalue weighted by Crippen LogP contribution is 2.40. The first-order valence-electron chi connectivity index (χ1n) is 7.41. The minimum absolute atomic E-state index is 0.106. The number of nitrogens with one attached hydrogen (secondary N) is 1. The van der Waals surface area contributed by atoms with Gasteiger partial charge in [0.2, 0.25) is 0 Å². The van der Waals surface area contributed by atoms with Crippen LogP contribution in [0.2, 0.25) is 0 Å². The number of aliphatic hydroxyl groups is 1. The third-order valence-electron chi connectivity index (χ3n) is 4.67. The molecule has 0 aromatic heterocycles. The molecule has 2 heterocycles. The van der Waals surface area contributed by atoms with Crippen molar-refractivity contribution < 1.29 is 9.84 Å². The molecule has 0 amide bonds. The molecule has 0 radical (unpaired) electrons. The molecular weight excluding hydrogens is 246 g/mol. The standard InChI is InChI=1S/C14H25NO2S/c16-13(10-15-12-1-2-12)11-3-6-17-14(9-11)4-7-18-8-5-14/h11-13,15-16H,1-10H2. The van der Waals surface area contributed by atoms with Gasteiger partial charge in [-0.3, -0.25) is 0 Å². The fraction of sp³-hybridized carbons (Fsp3) is 1.00. The number of ether oxygens (including phenoxy) is 1. The molecule has 18 heavy (non-hydrogen) atoms. The summed E-state index contributed by atoms with van der Waals surface area (Å²) in [6.07, 6.45) is 6.86. The molecule has 104 valence electrons. The van der Waals surface area contributed by atoms with Gasteiger partial charge in [0, 0.05) is 19.2 Å². The Kier molecular flexibility index (Phi) is 4.18. The zero-order chi connectivity index (χ0) is 12.4. The first kappa shape index (κ1) is 13.2. The van der Waals surface area contributed by atoms with Crippen LogP contribution in [0.4, 0.5) is 0 Å². The minimum Gasteiger partial charge on any atom is -0.392 e. The molecule has 3 aliphatic rings. The normalized spacial score (nSPS) is 33.5. The summed E-state index contributed by atoms with van der Waals surface area (Å²) in [6.45, 7) is 1.62. The molecular formula is C14H25NO2S. The van der Waals surface area contributed by atoms with Crippen molar-refractivity contribution in [2.45, 2.75) is 56.3 Å². The maximum atomic E-state index is 10.3. The molecule has 2 unspecified atom stereocenters. The van der Waals surface area contributed by atoms with Gasteiger partial charge in [-0.1, -0.05) is 0 Å². The van der Waals surface area contributed by atoms with Gasteiger partial charge in [-0.05, 0) is 55.9 Å². The van der Waals surface area contributed by atoms with Crippen LogP contribution in [0.25, 0.3) is 0 Å². The van der Waals surface area contributed by atoms with Crippen LogP contribution in [0.5, 0.6) is 0 Å². The van der Waals surface area contributed by atoms with Crippen LogP contribution in [0.1, 0.15) is 38.5 Å². The van der Waals surface area contributed by atoms with Gasteiger partial charge in [-0.25, -0.2) is 0 Å². The van der Waals surface area contributed by atoms with E-state index < -0.39 is 0 Å². The summed E-state index contributed by atoms with van der Waals surface area (Å²) in [4.78, 5) is 0. The highest BCUT2D eigenvalue weighted by molar-refractivity contribution is 7.99. The Labute approximate surface area is 114 Å². The van der Waals surface area contributed by atoms with E-state index in [4.69, 9.17) is 4.74 Å². The van der Waals surface area contributed by atoms with E-state index in [2.05, 4.69) is 5.32 Å². The van der Waals surface area contributed by atoms with Crippen LogP contribution in [-0.4, -0.2) is 47.5 Å². The Morgan fingerprint density at radius 3 is 2.78 bits per heavy atom. The van der Waals surface area contributed by atoms with Gasteiger partial charge in [-0.15, -0.1) is 0 Å². The second kappa shape index (κ2) is 5.70. The lowest BCUT2D eigenvalue weighted by molar-refractivity contribution is -0.120. The number of thioether (sulfide) groups is 1. The van der Waals surface area contributed by atoms with E-state index in [1.807, 2.05) is 11.8 Å². The third-order valence-corrected chi connectivity index (χ3v) is 5.66. The quantitative estimate of drug-likeness (QED) is 0.818. The molecule has 4 heteroatoms. The first-order valence-corrected chi connectivity index (χ1v) is 8.56. The fourth-order valence-corrected chi connectivity index (χ4v) is 4.46. The SMILES string of the molecule is OC(CNC1CC1)C1CCOC2(CCSCC2)C1. The van der Waals surface area contributed by atoms with Crippen molar-refractivity contribution in [3.63, 3.8) is 0 Å². The molecule has 0 aromatic carbocycles. The monoisotopic (exact) mass is 271 g/mol. The van der Waals surface area contributed by atoms with Gasteiger partial charge in [-0.2, -0.15) is 11.8 Å². The van der Waals surface area contributed by atoms with Crippen LogP contribution in [0.3, 0.4) is 0 Å². The van der Waals surface area contributed by atoms with Crippen molar-refractivity contribution in [1.82, 2.24) is 5.32 Å². The first-order chi connectivity index (χ1) is 8.77. The van der Waals surface area contributed by atoms with Gasteiger partial charge in [0.1, 0.15) is 0 Å². The van der Waals surface area contributed by atoms with Crippen LogP contribution < -0.4 is 5.32 Å². The Balaban J connectivity index is 1.51. The minimum atomic E-state index is -0.180. The molecule has 2 saturated heterocycles. The summed E-state index contributed by atoms with van der Waals surface area (Å²) < 4.78 is 6.08. The van der Waals surface area contributed by atoms with E-state index in [9.17, 15) is 5.11 Å². The topological polar surface area (TPSA) is 41.5 Å². The van der Waals surface area contributed by atoms with Crippen molar-refractivity contribution >= 4 is 11.8 Å². The summed E-state index contributed by atoms with van der Waals surface area (Å²) in [5.74, 6) is 2.89. The predicted molar refractivity (Wildman–Crippen MR) is 75.0 cm³/mol. The average molecular weight is 271 g/mol. The molecule has 1 aliphatic carbocycles. The maximum absolute atomic E-state index is 10.3. The molecule has 1 spiro atoms. The summed E-state index contributed by atoms with van der Waals surface area (Å²) in [7, 11) is 0. The van der Waals surface area contributed by atoms with Gasteiger partial charge < -0.3 is 15.2 Å². The van der Waals surface area contributed by atoms with E-state index in [0.717, 1.165) is 26.0 Å². The Morgan fingerprint density at radius 1 is 1.28 bits per heavy atom. The lowest BCUT2D eigenvalue weighted by atomic mass is 9.79. The summed E-state index contributed by atoms with van der Waals surface area (Å²) in [5.41, 5.74) is 0.106. The fourth-order valence-electron chi connectivity index (χ4n) is 3.23. The lowest BCUT2D eigenvalue weighted by Gasteiger charge is -2.44. The Morgan fingerprint density at radius 2 is 2.06 bits per heavy atom. The highest BCUT2D eigenvalue weighted by atomic mass is 32.2. The van der Waals surface area contributed by atoms with Crippen molar-refractivity contribution in [2.75, 3.05) is 24.7 Å². The number of hydrogen-bond acceptors (Lipinski definition) is 4. The van der Waals surface area contributed by atoms with E-state index >= 15 is 0 Å². The molecule has 1 saturated carbocycles. The molecule has 3 fully saturated rings. The molecule has 0 aromatic rings.